The molecule has 1 aliphatic rings. The van der Waals surface area contributed by atoms with E-state index < -0.39 is 11.6 Å². The van der Waals surface area contributed by atoms with Crippen molar-refractivity contribution in [2.45, 2.75) is 25.9 Å². The number of carboxylic acid groups (broad SMARTS) is 1. The maximum atomic E-state index is 11.1. The second kappa shape index (κ2) is 4.30. The van der Waals surface area contributed by atoms with Gasteiger partial charge in [-0.25, -0.2) is 4.79 Å². The van der Waals surface area contributed by atoms with E-state index in [-0.39, 0.29) is 11.0 Å². The van der Waals surface area contributed by atoms with Crippen molar-refractivity contribution in [3.05, 3.63) is 21.9 Å². The molecule has 1 aromatic heterocycles. The van der Waals surface area contributed by atoms with Crippen molar-refractivity contribution in [2.75, 3.05) is 11.5 Å². The van der Waals surface area contributed by atoms with E-state index in [0.717, 1.165) is 5.75 Å². The number of carbonyl (C=O) groups is 1. The number of carboxylic acids is 1. The summed E-state index contributed by atoms with van der Waals surface area (Å²) in [4.78, 5) is 11.7. The third-order valence-electron chi connectivity index (χ3n) is 2.92. The van der Waals surface area contributed by atoms with Crippen LogP contribution in [0.3, 0.4) is 0 Å². The topological polar surface area (TPSA) is 57.5 Å². The van der Waals surface area contributed by atoms with E-state index in [1.807, 2.05) is 0 Å². The summed E-state index contributed by atoms with van der Waals surface area (Å²) in [6.07, 6.45) is 0.619. The fourth-order valence-electron chi connectivity index (χ4n) is 2.37. The molecule has 0 bridgehead atoms. The van der Waals surface area contributed by atoms with Crippen LogP contribution in [0.25, 0.3) is 0 Å². The zero-order chi connectivity index (χ0) is 12.7. The molecule has 2 rings (SSSR count). The average molecular weight is 272 g/mol. The number of hydrogen-bond donors (Lipinski definition) is 2. The smallest absolute Gasteiger partial charge is 0.336 e. The van der Waals surface area contributed by atoms with Crippen molar-refractivity contribution in [3.8, 4) is 0 Å². The molecule has 3 nitrogen and oxygen atoms in total. The second-order valence-corrected chi connectivity index (χ2v) is 7.24. The van der Waals surface area contributed by atoms with Crippen LogP contribution >= 0.6 is 23.1 Å². The van der Waals surface area contributed by atoms with Gasteiger partial charge in [-0.3, -0.25) is 0 Å². The van der Waals surface area contributed by atoms with Crippen molar-refractivity contribution in [1.82, 2.24) is 0 Å². The molecule has 5 heteroatoms. The lowest BCUT2D eigenvalue weighted by Gasteiger charge is -2.40. The molecule has 1 atom stereocenters. The summed E-state index contributed by atoms with van der Waals surface area (Å²) in [6, 6.07) is 1.58. The molecule has 0 aliphatic carbocycles. The first-order valence-electron chi connectivity index (χ1n) is 5.45. The lowest BCUT2D eigenvalue weighted by Crippen LogP contribution is -2.40. The third-order valence-corrected chi connectivity index (χ3v) is 5.70. The number of thiophene rings is 1. The summed E-state index contributed by atoms with van der Waals surface area (Å²) in [6.45, 7) is 4.22. The fourth-order valence-corrected chi connectivity index (χ4v) is 4.79. The minimum Gasteiger partial charge on any atom is -0.478 e. The summed E-state index contributed by atoms with van der Waals surface area (Å²) in [7, 11) is 0. The van der Waals surface area contributed by atoms with E-state index in [1.54, 1.807) is 23.2 Å². The van der Waals surface area contributed by atoms with Crippen molar-refractivity contribution in [2.24, 2.45) is 5.41 Å². The Morgan fingerprint density at radius 2 is 2.12 bits per heavy atom. The van der Waals surface area contributed by atoms with Gasteiger partial charge in [-0.2, -0.15) is 11.8 Å². The number of rotatable bonds is 2. The Morgan fingerprint density at radius 1 is 1.41 bits per heavy atom. The van der Waals surface area contributed by atoms with Gasteiger partial charge in [-0.05, 0) is 29.0 Å². The summed E-state index contributed by atoms with van der Waals surface area (Å²) >= 11 is 3.03. The first kappa shape index (κ1) is 12.9. The predicted molar refractivity (Wildman–Crippen MR) is 70.9 cm³/mol. The van der Waals surface area contributed by atoms with Gasteiger partial charge in [0, 0.05) is 5.75 Å². The Labute approximate surface area is 109 Å². The molecule has 1 fully saturated rings. The zero-order valence-electron chi connectivity index (χ0n) is 9.90. The molecule has 2 N–H and O–H groups in total. The molecule has 0 aromatic carbocycles. The van der Waals surface area contributed by atoms with Gasteiger partial charge < -0.3 is 10.2 Å². The van der Waals surface area contributed by atoms with Crippen molar-refractivity contribution >= 4 is 29.1 Å². The lowest BCUT2D eigenvalue weighted by atomic mass is 9.80. The van der Waals surface area contributed by atoms with Crippen LogP contribution in [0.5, 0.6) is 0 Å². The van der Waals surface area contributed by atoms with E-state index in [2.05, 4.69) is 13.8 Å². The Balaban J connectivity index is 2.37. The molecule has 1 unspecified atom stereocenters. The molecule has 0 spiro atoms. The number of aromatic carboxylic acids is 1. The second-order valence-electron chi connectivity index (χ2n) is 5.33. The molecule has 17 heavy (non-hydrogen) atoms. The van der Waals surface area contributed by atoms with Gasteiger partial charge in [0.2, 0.25) is 0 Å². The van der Waals surface area contributed by atoms with Crippen LogP contribution in [0.15, 0.2) is 11.4 Å². The third kappa shape index (κ3) is 2.51. The van der Waals surface area contributed by atoms with Crippen LogP contribution in [-0.4, -0.2) is 27.7 Å². The van der Waals surface area contributed by atoms with E-state index in [9.17, 15) is 9.90 Å². The fraction of sp³-hybridized carbons (Fsp3) is 0.583. The average Bonchev–Trinajstić information content (AvgIpc) is 2.63. The van der Waals surface area contributed by atoms with Gasteiger partial charge in [0.25, 0.3) is 0 Å². The summed E-state index contributed by atoms with van der Waals surface area (Å²) in [5.41, 5.74) is -0.707. The van der Waals surface area contributed by atoms with Gasteiger partial charge in [0.1, 0.15) is 5.60 Å². The molecular weight excluding hydrogens is 256 g/mol. The Morgan fingerprint density at radius 3 is 2.71 bits per heavy atom. The Kier molecular flexibility index (Phi) is 3.27. The minimum atomic E-state index is -0.992. The van der Waals surface area contributed by atoms with Gasteiger partial charge in [0.15, 0.2) is 0 Å². The summed E-state index contributed by atoms with van der Waals surface area (Å²) in [5, 5.41) is 21.6. The van der Waals surface area contributed by atoms with E-state index in [4.69, 9.17) is 5.11 Å². The van der Waals surface area contributed by atoms with Crippen molar-refractivity contribution in [3.63, 3.8) is 0 Å². The predicted octanol–water partition coefficient (Wildman–Crippen LogP) is 2.80. The van der Waals surface area contributed by atoms with Gasteiger partial charge in [-0.1, -0.05) is 13.8 Å². The SMILES string of the molecule is CC1(C)CSCC(O)(c2sccc2C(=O)O)C1. The van der Waals surface area contributed by atoms with E-state index >= 15 is 0 Å². The molecule has 0 saturated carbocycles. The van der Waals surface area contributed by atoms with E-state index in [1.165, 1.54) is 11.3 Å². The van der Waals surface area contributed by atoms with Crippen molar-refractivity contribution in [1.29, 1.82) is 0 Å². The molecule has 1 saturated heterocycles. The molecular formula is C12H16O3S2. The molecule has 1 aromatic rings. The first-order valence-corrected chi connectivity index (χ1v) is 7.49. The van der Waals surface area contributed by atoms with Crippen LogP contribution in [0, 0.1) is 5.41 Å². The van der Waals surface area contributed by atoms with Gasteiger partial charge in [-0.15, -0.1) is 11.3 Å². The number of aliphatic hydroxyl groups is 1. The van der Waals surface area contributed by atoms with Crippen LogP contribution in [0.1, 0.15) is 35.5 Å². The first-order chi connectivity index (χ1) is 7.84. The highest BCUT2D eigenvalue weighted by atomic mass is 32.2. The lowest BCUT2D eigenvalue weighted by molar-refractivity contribution is 0.0173. The molecule has 0 radical (unpaired) electrons. The van der Waals surface area contributed by atoms with Crippen LogP contribution in [-0.2, 0) is 5.60 Å². The van der Waals surface area contributed by atoms with Crippen LogP contribution < -0.4 is 0 Å². The normalized spacial score (nSPS) is 27.9. The van der Waals surface area contributed by atoms with Gasteiger partial charge in [0.05, 0.1) is 10.4 Å². The highest BCUT2D eigenvalue weighted by molar-refractivity contribution is 7.99. The Hall–Kier alpha value is -0.520. The molecule has 1 aliphatic heterocycles. The quantitative estimate of drug-likeness (QED) is 0.869. The maximum absolute atomic E-state index is 11.1. The van der Waals surface area contributed by atoms with E-state index in [0.29, 0.717) is 17.1 Å². The zero-order valence-corrected chi connectivity index (χ0v) is 11.5. The maximum Gasteiger partial charge on any atom is 0.336 e. The van der Waals surface area contributed by atoms with Crippen LogP contribution in [0.2, 0.25) is 0 Å². The molecule has 94 valence electrons. The molecule has 0 amide bonds. The highest BCUT2D eigenvalue weighted by Crippen LogP contribution is 2.46. The highest BCUT2D eigenvalue weighted by Gasteiger charge is 2.42. The minimum absolute atomic E-state index is 0.0391. The number of thioether (sulfide) groups is 1. The van der Waals surface area contributed by atoms with Crippen LogP contribution in [0.4, 0.5) is 0 Å². The standard InChI is InChI=1S/C12H16O3S2/c1-11(2)5-12(15,7-16-6-11)9-8(10(13)14)3-4-17-9/h3-4,15H,5-7H2,1-2H3,(H,13,14). The summed E-state index contributed by atoms with van der Waals surface area (Å²) in [5.74, 6) is 0.628. The summed E-state index contributed by atoms with van der Waals surface area (Å²) < 4.78 is 0. The monoisotopic (exact) mass is 272 g/mol. The molecule has 2 heterocycles. The van der Waals surface area contributed by atoms with Crippen molar-refractivity contribution < 1.29 is 15.0 Å². The number of hydrogen-bond acceptors (Lipinski definition) is 4. The Bertz CT molecular complexity index is 439. The van der Waals surface area contributed by atoms with Gasteiger partial charge >= 0.3 is 5.97 Å². The largest absolute Gasteiger partial charge is 0.478 e.